The summed E-state index contributed by atoms with van der Waals surface area (Å²) in [6.07, 6.45) is 0.932. The number of carbonyl (C=O) groups excluding carboxylic acids is 1. The fourth-order valence-electron chi connectivity index (χ4n) is 1.78. The third-order valence-corrected chi connectivity index (χ3v) is 3.31. The van der Waals surface area contributed by atoms with Crippen molar-refractivity contribution in [3.8, 4) is 0 Å². The van der Waals surface area contributed by atoms with Crippen molar-refractivity contribution < 1.29 is 4.79 Å². The minimum absolute atomic E-state index is 0.0142. The van der Waals surface area contributed by atoms with E-state index in [1.807, 2.05) is 45.1 Å². The van der Waals surface area contributed by atoms with Gasteiger partial charge in [0.25, 0.3) is 5.91 Å². The van der Waals surface area contributed by atoms with Gasteiger partial charge >= 0.3 is 0 Å². The lowest BCUT2D eigenvalue weighted by Gasteiger charge is -2.26. The van der Waals surface area contributed by atoms with E-state index >= 15 is 0 Å². The number of carbonyl (C=O) groups is 1. The van der Waals surface area contributed by atoms with E-state index < -0.39 is 0 Å². The molecule has 0 saturated carbocycles. The van der Waals surface area contributed by atoms with Crippen LogP contribution < -0.4 is 10.6 Å². The van der Waals surface area contributed by atoms with Crippen LogP contribution in [0.5, 0.6) is 0 Å². The van der Waals surface area contributed by atoms with Crippen LogP contribution in [0, 0.1) is 0 Å². The van der Waals surface area contributed by atoms with Crippen LogP contribution >= 0.6 is 0 Å². The molecule has 0 aromatic heterocycles. The molecule has 1 atom stereocenters. The quantitative estimate of drug-likeness (QED) is 0.832. The summed E-state index contributed by atoms with van der Waals surface area (Å²) in [5.41, 5.74) is 7.95. The maximum absolute atomic E-state index is 12.5. The van der Waals surface area contributed by atoms with Crippen molar-refractivity contribution in [2.24, 2.45) is 0 Å². The van der Waals surface area contributed by atoms with Gasteiger partial charge in [-0.2, -0.15) is 0 Å². The minimum atomic E-state index is 0.0142. The highest BCUT2D eigenvalue weighted by molar-refractivity contribution is 6.00. The van der Waals surface area contributed by atoms with Crippen LogP contribution in [0.1, 0.15) is 30.6 Å². The normalized spacial score (nSPS) is 12.1. The molecule has 2 N–H and O–H groups in total. The van der Waals surface area contributed by atoms with Crippen LogP contribution in [0.15, 0.2) is 18.2 Å². The van der Waals surface area contributed by atoms with Gasteiger partial charge in [-0.15, -0.1) is 0 Å². The largest absolute Gasteiger partial charge is 0.399 e. The van der Waals surface area contributed by atoms with E-state index in [0.717, 1.165) is 12.1 Å². The van der Waals surface area contributed by atoms with Gasteiger partial charge in [0, 0.05) is 38.6 Å². The molecule has 0 heterocycles. The zero-order chi connectivity index (χ0) is 13.9. The molecule has 0 radical (unpaired) electrons. The zero-order valence-corrected chi connectivity index (χ0v) is 11.9. The lowest BCUT2D eigenvalue weighted by atomic mass is 10.1. The average molecular weight is 249 g/mol. The van der Waals surface area contributed by atoms with E-state index in [4.69, 9.17) is 5.73 Å². The first-order chi connectivity index (χ1) is 8.38. The summed E-state index contributed by atoms with van der Waals surface area (Å²) in [5.74, 6) is 0.0142. The Hall–Kier alpha value is -1.71. The predicted octanol–water partition coefficient (Wildman–Crippen LogP) is 2.21. The van der Waals surface area contributed by atoms with Crippen LogP contribution in [-0.4, -0.2) is 38.0 Å². The Kier molecular flexibility index (Phi) is 4.59. The molecule has 0 bridgehead atoms. The molecule has 0 fully saturated rings. The maximum Gasteiger partial charge on any atom is 0.256 e. The Bertz CT molecular complexity index is 429. The number of rotatable bonds is 4. The molecule has 0 aliphatic carbocycles. The zero-order valence-electron chi connectivity index (χ0n) is 11.9. The Morgan fingerprint density at radius 1 is 1.33 bits per heavy atom. The summed E-state index contributed by atoms with van der Waals surface area (Å²) in [6, 6.07) is 5.66. The van der Waals surface area contributed by atoms with Crippen LogP contribution in [0.25, 0.3) is 0 Å². The molecular formula is C14H23N3O. The summed E-state index contributed by atoms with van der Waals surface area (Å²) in [5, 5.41) is 0. The smallest absolute Gasteiger partial charge is 0.256 e. The van der Waals surface area contributed by atoms with Gasteiger partial charge in [0.05, 0.1) is 5.56 Å². The molecule has 0 spiro atoms. The third-order valence-electron chi connectivity index (χ3n) is 3.31. The van der Waals surface area contributed by atoms with Crippen molar-refractivity contribution in [3.63, 3.8) is 0 Å². The summed E-state index contributed by atoms with van der Waals surface area (Å²) in [6.45, 7) is 4.11. The molecule has 1 aromatic carbocycles. The average Bonchev–Trinajstić information content (AvgIpc) is 2.35. The van der Waals surface area contributed by atoms with Gasteiger partial charge in [0.2, 0.25) is 0 Å². The molecule has 0 saturated heterocycles. The van der Waals surface area contributed by atoms with Crippen LogP contribution in [0.2, 0.25) is 0 Å². The summed E-state index contributed by atoms with van der Waals surface area (Å²) in [4.78, 5) is 16.2. The Morgan fingerprint density at radius 3 is 2.44 bits per heavy atom. The molecule has 1 amide bonds. The van der Waals surface area contributed by atoms with E-state index in [1.54, 1.807) is 11.0 Å². The molecule has 0 aliphatic heterocycles. The highest BCUT2D eigenvalue weighted by atomic mass is 16.2. The van der Waals surface area contributed by atoms with Crippen molar-refractivity contribution in [2.45, 2.75) is 26.3 Å². The highest BCUT2D eigenvalue weighted by Crippen LogP contribution is 2.23. The Balaban J connectivity index is 3.15. The van der Waals surface area contributed by atoms with Crippen LogP contribution in [0.3, 0.4) is 0 Å². The summed E-state index contributed by atoms with van der Waals surface area (Å²) in [7, 11) is 5.68. The van der Waals surface area contributed by atoms with Gasteiger partial charge in [-0.3, -0.25) is 4.79 Å². The maximum atomic E-state index is 12.5. The monoisotopic (exact) mass is 249 g/mol. The SMILES string of the molecule is CCC(C)N(C)C(=O)c1cc(N)ccc1N(C)C. The van der Waals surface area contributed by atoms with Gasteiger partial charge in [0.15, 0.2) is 0 Å². The van der Waals surface area contributed by atoms with E-state index in [2.05, 4.69) is 6.92 Å². The Morgan fingerprint density at radius 2 is 1.94 bits per heavy atom. The van der Waals surface area contributed by atoms with Crippen molar-refractivity contribution in [2.75, 3.05) is 31.8 Å². The van der Waals surface area contributed by atoms with E-state index in [0.29, 0.717) is 11.3 Å². The van der Waals surface area contributed by atoms with Crippen molar-refractivity contribution in [1.82, 2.24) is 4.90 Å². The first-order valence-electron chi connectivity index (χ1n) is 6.22. The second kappa shape index (κ2) is 5.76. The topological polar surface area (TPSA) is 49.6 Å². The predicted molar refractivity (Wildman–Crippen MR) is 77.0 cm³/mol. The summed E-state index contributed by atoms with van der Waals surface area (Å²) < 4.78 is 0. The number of benzene rings is 1. The lowest BCUT2D eigenvalue weighted by molar-refractivity contribution is 0.0741. The van der Waals surface area contributed by atoms with Gasteiger partial charge in [-0.1, -0.05) is 6.92 Å². The summed E-state index contributed by atoms with van der Waals surface area (Å²) >= 11 is 0. The van der Waals surface area contributed by atoms with Crippen LogP contribution in [0.4, 0.5) is 11.4 Å². The molecule has 1 rings (SSSR count). The molecule has 18 heavy (non-hydrogen) atoms. The second-order valence-corrected chi connectivity index (χ2v) is 4.84. The molecule has 4 nitrogen and oxygen atoms in total. The number of nitrogens with two attached hydrogens (primary N) is 1. The number of nitrogens with zero attached hydrogens (tertiary/aromatic N) is 2. The van der Waals surface area contributed by atoms with E-state index in [1.165, 1.54) is 0 Å². The minimum Gasteiger partial charge on any atom is -0.399 e. The highest BCUT2D eigenvalue weighted by Gasteiger charge is 2.20. The first kappa shape index (κ1) is 14.4. The number of hydrogen-bond acceptors (Lipinski definition) is 3. The van der Waals surface area contributed by atoms with Crippen molar-refractivity contribution >= 4 is 17.3 Å². The van der Waals surface area contributed by atoms with E-state index in [-0.39, 0.29) is 11.9 Å². The molecule has 1 unspecified atom stereocenters. The first-order valence-corrected chi connectivity index (χ1v) is 6.22. The Labute approximate surface area is 109 Å². The molecular weight excluding hydrogens is 226 g/mol. The van der Waals surface area contributed by atoms with Gasteiger partial charge in [-0.25, -0.2) is 0 Å². The number of nitrogen functional groups attached to an aromatic ring is 1. The van der Waals surface area contributed by atoms with Gasteiger partial charge in [-0.05, 0) is 31.5 Å². The fraction of sp³-hybridized carbons (Fsp3) is 0.500. The van der Waals surface area contributed by atoms with Crippen molar-refractivity contribution in [3.05, 3.63) is 23.8 Å². The van der Waals surface area contributed by atoms with Crippen molar-refractivity contribution in [1.29, 1.82) is 0 Å². The molecule has 100 valence electrons. The third kappa shape index (κ3) is 2.94. The standard InChI is InChI=1S/C14H23N3O/c1-6-10(2)17(5)14(18)12-9-11(15)7-8-13(12)16(3)4/h7-10H,6,15H2,1-5H3. The van der Waals surface area contributed by atoms with E-state index in [9.17, 15) is 4.79 Å². The molecule has 1 aromatic rings. The number of amides is 1. The number of hydrogen-bond donors (Lipinski definition) is 1. The van der Waals surface area contributed by atoms with Crippen LogP contribution in [-0.2, 0) is 0 Å². The molecule has 0 aliphatic rings. The lowest BCUT2D eigenvalue weighted by Crippen LogP contribution is -2.35. The fourth-order valence-corrected chi connectivity index (χ4v) is 1.78. The number of anilines is 2. The van der Waals surface area contributed by atoms with Gasteiger partial charge in [0.1, 0.15) is 0 Å². The molecule has 4 heteroatoms. The van der Waals surface area contributed by atoms with Gasteiger partial charge < -0.3 is 15.5 Å². The second-order valence-electron chi connectivity index (χ2n) is 4.84.